The fourth-order valence-electron chi connectivity index (χ4n) is 2.17. The first-order valence-electron chi connectivity index (χ1n) is 8.63. The summed E-state index contributed by atoms with van der Waals surface area (Å²) >= 11 is 0. The van der Waals surface area contributed by atoms with Crippen molar-refractivity contribution in [1.82, 2.24) is 10.6 Å². The van der Waals surface area contributed by atoms with E-state index in [2.05, 4.69) is 10.6 Å². The fraction of sp³-hybridized carbons (Fsp3) is 0.579. The van der Waals surface area contributed by atoms with E-state index in [4.69, 9.17) is 9.47 Å². The Balaban J connectivity index is 2.79. The molecule has 2 N–H and O–H groups in total. The summed E-state index contributed by atoms with van der Waals surface area (Å²) in [5.41, 5.74) is 0.300. The second-order valence-electron chi connectivity index (χ2n) is 7.11. The highest BCUT2D eigenvalue weighted by molar-refractivity contribution is 5.85. The molecule has 2 amide bonds. The molecule has 0 spiro atoms. The van der Waals surface area contributed by atoms with Crippen molar-refractivity contribution in [2.24, 2.45) is 0 Å². The van der Waals surface area contributed by atoms with Gasteiger partial charge in [0, 0.05) is 13.0 Å². The van der Waals surface area contributed by atoms with Gasteiger partial charge in [0.05, 0.1) is 6.10 Å². The zero-order valence-electron chi connectivity index (χ0n) is 16.0. The van der Waals surface area contributed by atoms with E-state index in [1.165, 1.54) is 0 Å². The first-order valence-corrected chi connectivity index (χ1v) is 8.63. The van der Waals surface area contributed by atoms with Gasteiger partial charge in [0.1, 0.15) is 17.4 Å². The van der Waals surface area contributed by atoms with Crippen LogP contribution >= 0.6 is 0 Å². The van der Waals surface area contributed by atoms with Gasteiger partial charge in [-0.1, -0.05) is 12.1 Å². The summed E-state index contributed by atoms with van der Waals surface area (Å²) in [5, 5.41) is 5.39. The third-order valence-corrected chi connectivity index (χ3v) is 3.09. The number of ether oxygens (including phenoxy) is 2. The lowest BCUT2D eigenvalue weighted by atomic mass is 10.1. The number of benzene rings is 1. The Morgan fingerprint density at radius 3 is 2.20 bits per heavy atom. The molecule has 0 saturated carbocycles. The quantitative estimate of drug-likeness (QED) is 0.792. The lowest BCUT2D eigenvalue weighted by molar-refractivity contribution is -0.123. The average Bonchev–Trinajstić information content (AvgIpc) is 2.46. The summed E-state index contributed by atoms with van der Waals surface area (Å²) in [5.74, 6) is 0.532. The minimum atomic E-state index is -0.702. The van der Waals surface area contributed by atoms with Crippen LogP contribution in [0.1, 0.15) is 47.1 Å². The summed E-state index contributed by atoms with van der Waals surface area (Å²) in [4.78, 5) is 24.3. The van der Waals surface area contributed by atoms with E-state index in [9.17, 15) is 9.59 Å². The largest absolute Gasteiger partial charge is 0.491 e. The predicted molar refractivity (Wildman–Crippen MR) is 97.8 cm³/mol. The van der Waals surface area contributed by atoms with Crippen molar-refractivity contribution in [1.29, 1.82) is 0 Å². The molecule has 140 valence electrons. The van der Waals surface area contributed by atoms with Crippen molar-refractivity contribution in [2.75, 3.05) is 6.54 Å². The maximum Gasteiger partial charge on any atom is 0.408 e. The minimum Gasteiger partial charge on any atom is -0.491 e. The second kappa shape index (κ2) is 9.30. The van der Waals surface area contributed by atoms with Crippen LogP contribution in [0.25, 0.3) is 0 Å². The van der Waals surface area contributed by atoms with Gasteiger partial charge >= 0.3 is 6.09 Å². The van der Waals surface area contributed by atoms with Gasteiger partial charge in [0.2, 0.25) is 5.91 Å². The molecule has 0 aliphatic heterocycles. The van der Waals surface area contributed by atoms with Gasteiger partial charge in [0.15, 0.2) is 0 Å². The van der Waals surface area contributed by atoms with Gasteiger partial charge < -0.3 is 20.1 Å². The Morgan fingerprint density at radius 2 is 1.72 bits per heavy atom. The van der Waals surface area contributed by atoms with E-state index in [-0.39, 0.29) is 12.0 Å². The number of rotatable bonds is 7. The number of carbonyl (C=O) groups excluding carboxylic acids is 2. The third-order valence-electron chi connectivity index (χ3n) is 3.09. The topological polar surface area (TPSA) is 76.7 Å². The molecule has 0 aliphatic rings. The molecule has 1 unspecified atom stereocenters. The zero-order valence-corrected chi connectivity index (χ0v) is 16.0. The van der Waals surface area contributed by atoms with Crippen LogP contribution in [0.2, 0.25) is 0 Å². The molecule has 1 atom stereocenters. The molecule has 0 bridgehead atoms. The van der Waals surface area contributed by atoms with Gasteiger partial charge in [-0.05, 0) is 59.2 Å². The van der Waals surface area contributed by atoms with E-state index in [1.54, 1.807) is 20.8 Å². The molecule has 0 fully saturated rings. The highest BCUT2D eigenvalue weighted by Crippen LogP contribution is 2.15. The van der Waals surface area contributed by atoms with Crippen molar-refractivity contribution in [3.8, 4) is 5.75 Å². The summed E-state index contributed by atoms with van der Waals surface area (Å²) in [6.07, 6.45) is -0.140. The van der Waals surface area contributed by atoms with E-state index in [0.717, 1.165) is 11.3 Å². The first-order chi connectivity index (χ1) is 11.6. The summed E-state index contributed by atoms with van der Waals surface area (Å²) < 4.78 is 10.9. The van der Waals surface area contributed by atoms with Crippen LogP contribution in [0.15, 0.2) is 24.3 Å². The summed E-state index contributed by atoms with van der Waals surface area (Å²) in [6.45, 7) is 11.6. The molecule has 0 heterocycles. The molecular weight excluding hydrogens is 320 g/mol. The summed E-state index contributed by atoms with van der Waals surface area (Å²) in [7, 11) is 0. The minimum absolute atomic E-state index is 0.0998. The fourth-order valence-corrected chi connectivity index (χ4v) is 2.17. The van der Waals surface area contributed by atoms with Crippen LogP contribution in [0.4, 0.5) is 4.79 Å². The maximum absolute atomic E-state index is 12.3. The van der Waals surface area contributed by atoms with Crippen LogP contribution < -0.4 is 15.4 Å². The second-order valence-corrected chi connectivity index (χ2v) is 7.11. The van der Waals surface area contributed by atoms with Crippen LogP contribution in [0.5, 0.6) is 5.75 Å². The van der Waals surface area contributed by atoms with Gasteiger partial charge in [-0.2, -0.15) is 0 Å². The van der Waals surface area contributed by atoms with Gasteiger partial charge in [-0.3, -0.25) is 4.79 Å². The maximum atomic E-state index is 12.3. The SMILES string of the molecule is CCNC(=O)C(Cc1ccc(OC(C)C)cc1)NC(=O)OC(C)(C)C. The number of alkyl carbamates (subject to hydrolysis) is 1. The molecule has 6 nitrogen and oxygen atoms in total. The van der Waals surface area contributed by atoms with Crippen LogP contribution in [-0.2, 0) is 16.0 Å². The smallest absolute Gasteiger partial charge is 0.408 e. The Morgan fingerprint density at radius 1 is 1.12 bits per heavy atom. The van der Waals surface area contributed by atoms with Crippen molar-refractivity contribution < 1.29 is 19.1 Å². The van der Waals surface area contributed by atoms with E-state index in [1.807, 2.05) is 45.0 Å². The number of likely N-dealkylation sites (N-methyl/N-ethyl adjacent to an activating group) is 1. The Hall–Kier alpha value is -2.24. The highest BCUT2D eigenvalue weighted by atomic mass is 16.6. The monoisotopic (exact) mass is 350 g/mol. The lowest BCUT2D eigenvalue weighted by Crippen LogP contribution is -2.49. The van der Waals surface area contributed by atoms with E-state index in [0.29, 0.717) is 13.0 Å². The van der Waals surface area contributed by atoms with Crippen molar-refractivity contribution in [2.45, 2.75) is 65.7 Å². The Labute approximate surface area is 150 Å². The molecule has 0 radical (unpaired) electrons. The Kier molecular flexibility index (Phi) is 7.74. The van der Waals surface area contributed by atoms with Crippen molar-refractivity contribution in [3.63, 3.8) is 0 Å². The molecule has 6 heteroatoms. The van der Waals surface area contributed by atoms with Crippen molar-refractivity contribution in [3.05, 3.63) is 29.8 Å². The molecular formula is C19H30N2O4. The van der Waals surface area contributed by atoms with Crippen LogP contribution in [0, 0.1) is 0 Å². The standard InChI is InChI=1S/C19H30N2O4/c1-7-20-17(22)16(21-18(23)25-19(4,5)6)12-14-8-10-15(11-9-14)24-13(2)3/h8-11,13,16H,7,12H2,1-6H3,(H,20,22)(H,21,23). The van der Waals surface area contributed by atoms with Crippen molar-refractivity contribution >= 4 is 12.0 Å². The number of hydrogen-bond donors (Lipinski definition) is 2. The molecule has 0 aromatic heterocycles. The van der Waals surface area contributed by atoms with E-state index < -0.39 is 17.7 Å². The molecule has 1 rings (SSSR count). The predicted octanol–water partition coefficient (Wildman–Crippen LogP) is 3.05. The summed E-state index contributed by atoms with van der Waals surface area (Å²) in [6, 6.07) is 6.79. The Bertz CT molecular complexity index is 562. The molecule has 1 aromatic rings. The number of carbonyl (C=O) groups is 2. The zero-order chi connectivity index (χ0) is 19.0. The number of nitrogens with one attached hydrogen (secondary N) is 2. The third kappa shape index (κ3) is 8.42. The number of hydrogen-bond acceptors (Lipinski definition) is 4. The van der Waals surface area contributed by atoms with Gasteiger partial charge in [-0.25, -0.2) is 4.79 Å². The molecule has 0 saturated heterocycles. The van der Waals surface area contributed by atoms with Gasteiger partial charge in [0.25, 0.3) is 0 Å². The number of amides is 2. The molecule has 1 aromatic carbocycles. The molecule has 0 aliphatic carbocycles. The van der Waals surface area contributed by atoms with Crippen LogP contribution in [0.3, 0.4) is 0 Å². The highest BCUT2D eigenvalue weighted by Gasteiger charge is 2.24. The van der Waals surface area contributed by atoms with Crippen LogP contribution in [-0.4, -0.2) is 36.3 Å². The average molecular weight is 350 g/mol. The van der Waals surface area contributed by atoms with Gasteiger partial charge in [-0.15, -0.1) is 0 Å². The molecule has 25 heavy (non-hydrogen) atoms. The van der Waals surface area contributed by atoms with E-state index >= 15 is 0 Å². The first kappa shape index (κ1) is 20.8. The lowest BCUT2D eigenvalue weighted by Gasteiger charge is -2.23. The normalized spacial score (nSPS) is 12.4.